The lowest BCUT2D eigenvalue weighted by Gasteiger charge is -2.45. The molecule has 4 heterocycles. The van der Waals surface area contributed by atoms with Crippen molar-refractivity contribution in [3.63, 3.8) is 0 Å². The normalized spacial score (nSPS) is 21.7. The van der Waals surface area contributed by atoms with Crippen molar-refractivity contribution in [2.24, 2.45) is 5.41 Å². The van der Waals surface area contributed by atoms with Crippen LogP contribution in [0.1, 0.15) is 83.8 Å². The van der Waals surface area contributed by atoms with Gasteiger partial charge in [0.25, 0.3) is 0 Å². The Morgan fingerprint density at radius 1 is 1.15 bits per heavy atom. The number of anilines is 2. The van der Waals surface area contributed by atoms with Crippen molar-refractivity contribution in [3.8, 4) is 0 Å². The van der Waals surface area contributed by atoms with Gasteiger partial charge in [-0.3, -0.25) is 14.4 Å². The van der Waals surface area contributed by atoms with Gasteiger partial charge < -0.3 is 19.9 Å². The largest absolute Gasteiger partial charge is 0.460 e. The van der Waals surface area contributed by atoms with Crippen LogP contribution in [0.3, 0.4) is 0 Å². The zero-order valence-electron chi connectivity index (χ0n) is 28.5. The van der Waals surface area contributed by atoms with E-state index < -0.39 is 34.2 Å². The van der Waals surface area contributed by atoms with Crippen molar-refractivity contribution >= 4 is 29.2 Å². The summed E-state index contributed by atoms with van der Waals surface area (Å²) in [6.45, 7) is 16.1. The average Bonchev–Trinajstić information content (AvgIpc) is 3.32. The van der Waals surface area contributed by atoms with Gasteiger partial charge in [-0.2, -0.15) is 5.10 Å². The van der Waals surface area contributed by atoms with E-state index in [0.29, 0.717) is 37.3 Å². The van der Waals surface area contributed by atoms with Crippen LogP contribution in [-0.2, 0) is 38.4 Å². The van der Waals surface area contributed by atoms with Gasteiger partial charge in [0, 0.05) is 41.9 Å². The number of rotatable bonds is 8. The van der Waals surface area contributed by atoms with Gasteiger partial charge in [-0.05, 0) is 86.9 Å². The first-order valence-electron chi connectivity index (χ1n) is 16.0. The first-order valence-corrected chi connectivity index (χ1v) is 16.4. The summed E-state index contributed by atoms with van der Waals surface area (Å²) in [5.74, 6) is -0.790. The topological polar surface area (TPSA) is 102 Å². The Hall–Kier alpha value is -3.12. The number of pyridine rings is 1. The third-order valence-electron chi connectivity index (χ3n) is 8.92. The molecule has 0 spiro atoms. The maximum atomic E-state index is 16.5. The molecule has 1 aromatic carbocycles. The van der Waals surface area contributed by atoms with Gasteiger partial charge in [-0.25, -0.2) is 13.8 Å². The number of nitrogens with zero attached hydrogens (tertiary/aromatic N) is 4. The molecule has 9 nitrogen and oxygen atoms in total. The van der Waals surface area contributed by atoms with Gasteiger partial charge in [0.2, 0.25) is 0 Å². The maximum Gasteiger partial charge on any atom is 0.313 e. The molecule has 2 aliphatic rings. The molecule has 2 fully saturated rings. The van der Waals surface area contributed by atoms with Crippen molar-refractivity contribution < 1.29 is 28.2 Å². The van der Waals surface area contributed by atoms with Crippen molar-refractivity contribution in [2.45, 2.75) is 104 Å². The average molecular weight is 674 g/mol. The number of halogens is 3. The Morgan fingerprint density at radius 2 is 1.85 bits per heavy atom. The van der Waals surface area contributed by atoms with Crippen LogP contribution in [0.25, 0.3) is 0 Å². The molecule has 2 atom stereocenters. The second kappa shape index (κ2) is 12.7. The highest BCUT2D eigenvalue weighted by Crippen LogP contribution is 2.43. The number of piperidine rings is 1. The lowest BCUT2D eigenvalue weighted by molar-refractivity contribution is -0.186. The molecule has 0 bridgehead atoms. The smallest absolute Gasteiger partial charge is 0.313 e. The molecule has 0 amide bonds. The molecule has 5 rings (SSSR count). The van der Waals surface area contributed by atoms with E-state index in [1.54, 1.807) is 32.9 Å². The van der Waals surface area contributed by atoms with Crippen molar-refractivity contribution in [2.75, 3.05) is 25.1 Å². The Morgan fingerprint density at radius 3 is 2.43 bits per heavy atom. The summed E-state index contributed by atoms with van der Waals surface area (Å²) in [5, 5.41) is 19.2. The third-order valence-corrected chi connectivity index (χ3v) is 9.21. The zero-order chi connectivity index (χ0) is 34.5. The lowest BCUT2D eigenvalue weighted by atomic mass is 9.71. The molecule has 47 heavy (non-hydrogen) atoms. The minimum absolute atomic E-state index is 0.0321. The summed E-state index contributed by atoms with van der Waals surface area (Å²) in [5.41, 5.74) is -2.25. The SMILES string of the molecule is Cc1cc(Nc2cc(C3(O)COC3)c(F)c(CC3(C(=O)OC(C)(C)C)CCN(Cc4cccc(Cl)c4F)C(C)C3)n2)nn1C(C)(C)C. The fraction of sp³-hybridized carbons (Fsp3) is 0.571. The van der Waals surface area contributed by atoms with E-state index in [0.717, 1.165) is 5.69 Å². The van der Waals surface area contributed by atoms with Crippen LogP contribution >= 0.6 is 11.6 Å². The van der Waals surface area contributed by atoms with Crippen LogP contribution < -0.4 is 5.32 Å². The zero-order valence-corrected chi connectivity index (χ0v) is 29.3. The second-order valence-electron chi connectivity index (χ2n) is 15.2. The Labute approximate surface area is 280 Å². The van der Waals surface area contributed by atoms with Gasteiger partial charge in [-0.1, -0.05) is 23.7 Å². The van der Waals surface area contributed by atoms with E-state index in [9.17, 15) is 14.3 Å². The highest BCUT2D eigenvalue weighted by molar-refractivity contribution is 6.30. The monoisotopic (exact) mass is 673 g/mol. The maximum absolute atomic E-state index is 16.5. The number of ether oxygens (including phenoxy) is 2. The molecule has 0 aliphatic carbocycles. The molecular weight excluding hydrogens is 628 g/mol. The molecule has 0 saturated carbocycles. The molecule has 2 saturated heterocycles. The number of benzene rings is 1. The van der Waals surface area contributed by atoms with Gasteiger partial charge in [0.1, 0.15) is 22.8 Å². The summed E-state index contributed by atoms with van der Waals surface area (Å²) in [4.78, 5) is 20.8. The van der Waals surface area contributed by atoms with Crippen LogP contribution in [0.5, 0.6) is 0 Å². The van der Waals surface area contributed by atoms with Crippen molar-refractivity contribution in [1.29, 1.82) is 0 Å². The molecule has 2 aliphatic heterocycles. The number of hydrogen-bond acceptors (Lipinski definition) is 8. The summed E-state index contributed by atoms with van der Waals surface area (Å²) in [6.07, 6.45) is 0.582. The number of aryl methyl sites for hydroxylation is 1. The molecule has 256 valence electrons. The van der Waals surface area contributed by atoms with Crippen molar-refractivity contribution in [1.82, 2.24) is 19.7 Å². The summed E-state index contributed by atoms with van der Waals surface area (Å²) in [6, 6.07) is 8.09. The van der Waals surface area contributed by atoms with Crippen LogP contribution in [0.2, 0.25) is 5.02 Å². The number of likely N-dealkylation sites (tertiary alicyclic amines) is 1. The van der Waals surface area contributed by atoms with Crippen LogP contribution in [-0.4, -0.2) is 62.1 Å². The van der Waals surface area contributed by atoms with Crippen LogP contribution in [0, 0.1) is 24.0 Å². The third kappa shape index (κ3) is 7.48. The summed E-state index contributed by atoms with van der Waals surface area (Å²) < 4.78 is 44.4. The first-order chi connectivity index (χ1) is 21.8. The molecule has 3 aromatic rings. The molecular formula is C35H46ClF2N5O4. The number of esters is 1. The highest BCUT2D eigenvalue weighted by atomic mass is 35.5. The van der Waals surface area contributed by atoms with Gasteiger partial charge in [0.05, 0.1) is 34.9 Å². The van der Waals surface area contributed by atoms with Crippen LogP contribution in [0.15, 0.2) is 30.3 Å². The number of aliphatic hydroxyl groups is 1. The number of carbonyl (C=O) groups is 1. The fourth-order valence-electron chi connectivity index (χ4n) is 6.52. The predicted molar refractivity (Wildman–Crippen MR) is 177 cm³/mol. The minimum Gasteiger partial charge on any atom is -0.460 e. The minimum atomic E-state index is -1.53. The number of carbonyl (C=O) groups excluding carboxylic acids is 1. The number of aromatic nitrogens is 3. The molecule has 2 aromatic heterocycles. The van der Waals surface area contributed by atoms with E-state index in [1.165, 1.54) is 12.1 Å². The Bertz CT molecular complexity index is 1650. The molecule has 2 N–H and O–H groups in total. The lowest BCUT2D eigenvalue weighted by Crippen LogP contribution is -2.51. The van der Waals surface area contributed by atoms with E-state index in [4.69, 9.17) is 21.1 Å². The predicted octanol–water partition coefficient (Wildman–Crippen LogP) is 6.79. The Balaban J connectivity index is 1.51. The van der Waals surface area contributed by atoms with Gasteiger partial charge in [-0.15, -0.1) is 0 Å². The quantitative estimate of drug-likeness (QED) is 0.252. The van der Waals surface area contributed by atoms with E-state index >= 15 is 4.39 Å². The first kappa shape index (κ1) is 35.2. The Kier molecular flexibility index (Phi) is 9.53. The van der Waals surface area contributed by atoms with E-state index in [-0.39, 0.29) is 53.3 Å². The fourth-order valence-corrected chi connectivity index (χ4v) is 6.72. The summed E-state index contributed by atoms with van der Waals surface area (Å²) in [7, 11) is 0. The summed E-state index contributed by atoms with van der Waals surface area (Å²) >= 11 is 6.04. The standard InChI is InChI=1S/C35H46ClF2N5O4/c1-21-14-28(41-43(21)32(3,4)5)40-27-15-24(35(45)19-46-20-35)30(38)26(39-27)17-34(31(44)47-33(6,7)8)12-13-42(22(2)16-34)18-23-10-9-11-25(36)29(23)37/h9-11,14-15,22,45H,12-13,16-20H2,1-8H3,(H,39,40,41). The van der Waals surface area contributed by atoms with Crippen molar-refractivity contribution in [3.05, 3.63) is 69.5 Å². The van der Waals surface area contributed by atoms with E-state index in [2.05, 4.69) is 20.3 Å². The van der Waals surface area contributed by atoms with Crippen LogP contribution in [0.4, 0.5) is 20.4 Å². The second-order valence-corrected chi connectivity index (χ2v) is 15.6. The van der Waals surface area contributed by atoms with Gasteiger partial charge in [0.15, 0.2) is 11.6 Å². The van der Waals surface area contributed by atoms with Gasteiger partial charge >= 0.3 is 5.97 Å². The highest BCUT2D eigenvalue weighted by Gasteiger charge is 2.49. The van der Waals surface area contributed by atoms with E-state index in [1.807, 2.05) is 45.4 Å². The molecule has 12 heteroatoms. The number of hydrogen-bond donors (Lipinski definition) is 2. The molecule has 0 radical (unpaired) electrons. The molecule has 2 unspecified atom stereocenters. The number of nitrogens with one attached hydrogen (secondary N) is 1.